The van der Waals surface area contributed by atoms with Crippen LogP contribution >= 0.6 is 11.3 Å². The molecule has 2 aromatic rings. The molecule has 0 fully saturated rings. The number of nitrogens with one attached hydrogen (secondary N) is 1. The van der Waals surface area contributed by atoms with Crippen LogP contribution in [-0.2, 0) is 11.2 Å². The lowest BCUT2D eigenvalue weighted by Crippen LogP contribution is -2.00. The molecule has 1 heterocycles. The summed E-state index contributed by atoms with van der Waals surface area (Å²) < 4.78 is 5.19. The van der Waals surface area contributed by atoms with E-state index in [9.17, 15) is 4.79 Å². The highest BCUT2D eigenvalue weighted by Crippen LogP contribution is 2.25. The molecule has 0 atom stereocenters. The van der Waals surface area contributed by atoms with Crippen LogP contribution in [-0.4, -0.2) is 23.2 Å². The minimum Gasteiger partial charge on any atom is -0.496 e. The molecule has 0 amide bonds. The molecule has 0 radical (unpaired) electrons. The number of hydrogen-bond acceptors (Lipinski definition) is 5. The third-order valence-corrected chi connectivity index (χ3v) is 3.34. The van der Waals surface area contributed by atoms with Gasteiger partial charge in [-0.05, 0) is 30.7 Å². The Morgan fingerprint density at radius 1 is 1.53 bits per heavy atom. The number of rotatable bonds is 5. The summed E-state index contributed by atoms with van der Waals surface area (Å²) in [6.07, 6.45) is -0.0557. The summed E-state index contributed by atoms with van der Waals surface area (Å²) in [6, 6.07) is 5.73. The summed E-state index contributed by atoms with van der Waals surface area (Å²) in [6.45, 7) is 1.96. The summed E-state index contributed by atoms with van der Waals surface area (Å²) in [7, 11) is 1.63. The highest BCUT2D eigenvalue weighted by atomic mass is 32.1. The Hall–Kier alpha value is -2.08. The SMILES string of the molecule is COc1ccc(Nc2nc(CC(=O)O)cs2)cc1C. The minimum atomic E-state index is -0.878. The van der Waals surface area contributed by atoms with E-state index in [4.69, 9.17) is 9.84 Å². The van der Waals surface area contributed by atoms with E-state index in [0.717, 1.165) is 17.0 Å². The van der Waals surface area contributed by atoms with Gasteiger partial charge in [-0.1, -0.05) is 0 Å². The van der Waals surface area contributed by atoms with Crippen molar-refractivity contribution in [1.29, 1.82) is 0 Å². The molecule has 0 aliphatic heterocycles. The fraction of sp³-hybridized carbons (Fsp3) is 0.231. The van der Waals surface area contributed by atoms with Gasteiger partial charge in [0.1, 0.15) is 5.75 Å². The lowest BCUT2D eigenvalue weighted by molar-refractivity contribution is -0.136. The number of nitrogens with zero attached hydrogens (tertiary/aromatic N) is 1. The third-order valence-electron chi connectivity index (χ3n) is 2.53. The fourth-order valence-electron chi connectivity index (χ4n) is 1.68. The highest BCUT2D eigenvalue weighted by Gasteiger charge is 2.07. The number of hydrogen-bond donors (Lipinski definition) is 2. The number of carboxylic acids is 1. The Labute approximate surface area is 114 Å². The Bertz CT molecular complexity index is 595. The Morgan fingerprint density at radius 3 is 2.95 bits per heavy atom. The normalized spacial score (nSPS) is 10.2. The van der Waals surface area contributed by atoms with E-state index in [1.165, 1.54) is 11.3 Å². The number of aromatic nitrogens is 1. The second kappa shape index (κ2) is 5.71. The van der Waals surface area contributed by atoms with Gasteiger partial charge >= 0.3 is 5.97 Å². The molecule has 1 aromatic carbocycles. The predicted molar refractivity (Wildman–Crippen MR) is 74.5 cm³/mol. The number of carboxylic acid groups (broad SMARTS) is 1. The van der Waals surface area contributed by atoms with Crippen molar-refractivity contribution in [3.8, 4) is 5.75 Å². The van der Waals surface area contributed by atoms with Gasteiger partial charge in [0.15, 0.2) is 5.13 Å². The van der Waals surface area contributed by atoms with Gasteiger partial charge in [-0.25, -0.2) is 4.98 Å². The van der Waals surface area contributed by atoms with Crippen LogP contribution in [0.5, 0.6) is 5.75 Å². The molecule has 2 rings (SSSR count). The van der Waals surface area contributed by atoms with Crippen molar-refractivity contribution in [2.45, 2.75) is 13.3 Å². The van der Waals surface area contributed by atoms with Gasteiger partial charge in [-0.15, -0.1) is 11.3 Å². The zero-order valence-corrected chi connectivity index (χ0v) is 11.5. The molecule has 2 N–H and O–H groups in total. The number of methoxy groups -OCH3 is 1. The maximum atomic E-state index is 10.6. The van der Waals surface area contributed by atoms with Crippen LogP contribution < -0.4 is 10.1 Å². The Balaban J connectivity index is 2.10. The number of aryl methyl sites for hydroxylation is 1. The average molecular weight is 278 g/mol. The summed E-state index contributed by atoms with van der Waals surface area (Å²) in [5.74, 6) is -0.0478. The van der Waals surface area contributed by atoms with Gasteiger partial charge in [0.05, 0.1) is 19.2 Å². The van der Waals surface area contributed by atoms with Crippen molar-refractivity contribution in [1.82, 2.24) is 4.98 Å². The van der Waals surface area contributed by atoms with Gasteiger partial charge in [0.25, 0.3) is 0 Å². The van der Waals surface area contributed by atoms with E-state index in [1.807, 2.05) is 25.1 Å². The standard InChI is InChI=1S/C13H14N2O3S/c1-8-5-9(3-4-11(8)18-2)14-13-15-10(7-19-13)6-12(16)17/h3-5,7H,6H2,1-2H3,(H,14,15)(H,16,17). The van der Waals surface area contributed by atoms with Gasteiger partial charge < -0.3 is 15.2 Å². The molecule has 0 aliphatic carbocycles. The molecular weight excluding hydrogens is 264 g/mol. The third kappa shape index (κ3) is 3.45. The van der Waals surface area contributed by atoms with Gasteiger partial charge in [0, 0.05) is 11.1 Å². The molecular formula is C13H14N2O3S. The van der Waals surface area contributed by atoms with E-state index in [1.54, 1.807) is 12.5 Å². The lowest BCUT2D eigenvalue weighted by atomic mass is 10.2. The quantitative estimate of drug-likeness (QED) is 0.880. The fourth-order valence-corrected chi connectivity index (χ4v) is 2.41. The molecule has 1 aromatic heterocycles. The van der Waals surface area contributed by atoms with Crippen LogP contribution in [0, 0.1) is 6.92 Å². The van der Waals surface area contributed by atoms with Crippen LogP contribution in [0.2, 0.25) is 0 Å². The molecule has 100 valence electrons. The van der Waals surface area contributed by atoms with Crippen molar-refractivity contribution in [2.24, 2.45) is 0 Å². The topological polar surface area (TPSA) is 71.5 Å². The molecule has 0 saturated heterocycles. The second-order valence-corrected chi connectivity index (χ2v) is 4.88. The molecule has 0 saturated carbocycles. The maximum Gasteiger partial charge on any atom is 0.309 e. The van der Waals surface area contributed by atoms with Gasteiger partial charge in [-0.2, -0.15) is 0 Å². The largest absolute Gasteiger partial charge is 0.496 e. The number of carbonyl (C=O) groups is 1. The highest BCUT2D eigenvalue weighted by molar-refractivity contribution is 7.13. The first kappa shape index (κ1) is 13.4. The van der Waals surface area contributed by atoms with E-state index >= 15 is 0 Å². The predicted octanol–water partition coefficient (Wildman–Crippen LogP) is 2.83. The number of ether oxygens (including phenoxy) is 1. The number of benzene rings is 1. The molecule has 19 heavy (non-hydrogen) atoms. The second-order valence-electron chi connectivity index (χ2n) is 4.02. The van der Waals surface area contributed by atoms with Crippen molar-refractivity contribution < 1.29 is 14.6 Å². The van der Waals surface area contributed by atoms with Crippen LogP contribution in [0.4, 0.5) is 10.8 Å². The smallest absolute Gasteiger partial charge is 0.309 e. The summed E-state index contributed by atoms with van der Waals surface area (Å²) in [5, 5.41) is 14.3. The van der Waals surface area contributed by atoms with Crippen LogP contribution in [0.25, 0.3) is 0 Å². The first-order chi connectivity index (χ1) is 9.08. The first-order valence-electron chi connectivity index (χ1n) is 5.66. The van der Waals surface area contributed by atoms with Crippen LogP contribution in [0.3, 0.4) is 0 Å². The van der Waals surface area contributed by atoms with E-state index in [2.05, 4.69) is 10.3 Å². The van der Waals surface area contributed by atoms with Gasteiger partial charge in [-0.3, -0.25) is 4.79 Å². The maximum absolute atomic E-state index is 10.6. The van der Waals surface area contributed by atoms with Crippen molar-refractivity contribution in [2.75, 3.05) is 12.4 Å². The molecule has 0 aliphatic rings. The summed E-state index contributed by atoms with van der Waals surface area (Å²) in [5.41, 5.74) is 2.48. The molecule has 0 bridgehead atoms. The Kier molecular flexibility index (Phi) is 4.01. The number of thiazole rings is 1. The molecule has 6 heteroatoms. The van der Waals surface area contributed by atoms with Crippen molar-refractivity contribution in [3.63, 3.8) is 0 Å². The van der Waals surface area contributed by atoms with Gasteiger partial charge in [0.2, 0.25) is 0 Å². The Morgan fingerprint density at radius 2 is 2.32 bits per heavy atom. The lowest BCUT2D eigenvalue weighted by Gasteiger charge is -2.07. The van der Waals surface area contributed by atoms with E-state index in [-0.39, 0.29) is 6.42 Å². The van der Waals surface area contributed by atoms with Crippen LogP contribution in [0.15, 0.2) is 23.6 Å². The molecule has 5 nitrogen and oxygen atoms in total. The zero-order chi connectivity index (χ0) is 13.8. The minimum absolute atomic E-state index is 0.0557. The first-order valence-corrected chi connectivity index (χ1v) is 6.54. The average Bonchev–Trinajstić information content (AvgIpc) is 2.76. The molecule has 0 unspecified atom stereocenters. The summed E-state index contributed by atoms with van der Waals surface area (Å²) >= 11 is 1.39. The summed E-state index contributed by atoms with van der Waals surface area (Å²) in [4.78, 5) is 14.8. The van der Waals surface area contributed by atoms with E-state index < -0.39 is 5.97 Å². The van der Waals surface area contributed by atoms with Crippen molar-refractivity contribution in [3.05, 3.63) is 34.8 Å². The monoisotopic (exact) mass is 278 g/mol. The van der Waals surface area contributed by atoms with Crippen molar-refractivity contribution >= 4 is 28.1 Å². The number of aliphatic carboxylic acids is 1. The molecule has 0 spiro atoms. The van der Waals surface area contributed by atoms with Crippen LogP contribution in [0.1, 0.15) is 11.3 Å². The number of anilines is 2. The zero-order valence-electron chi connectivity index (χ0n) is 10.6. The van der Waals surface area contributed by atoms with E-state index in [0.29, 0.717) is 10.8 Å².